The summed E-state index contributed by atoms with van der Waals surface area (Å²) in [4.78, 5) is 23.7. The highest BCUT2D eigenvalue weighted by Gasteiger charge is 2.35. The number of amides is 1. The van der Waals surface area contributed by atoms with Crippen LogP contribution in [0.3, 0.4) is 0 Å². The third-order valence-electron chi connectivity index (χ3n) is 3.99. The molecule has 1 amide bonds. The molecule has 5 nitrogen and oxygen atoms in total. The minimum Gasteiger partial charge on any atom is -0.494 e. The van der Waals surface area contributed by atoms with E-state index in [0.717, 1.165) is 19.3 Å². The number of aliphatic carboxylic acids is 1. The van der Waals surface area contributed by atoms with Crippen molar-refractivity contribution >= 4 is 17.6 Å². The maximum absolute atomic E-state index is 12.4. The maximum atomic E-state index is 12.4. The highest BCUT2D eigenvalue weighted by Crippen LogP contribution is 2.31. The lowest BCUT2D eigenvalue weighted by Gasteiger charge is -2.27. The minimum atomic E-state index is -0.875. The smallest absolute Gasteiger partial charge is 0.307 e. The van der Waals surface area contributed by atoms with Gasteiger partial charge in [-0.25, -0.2) is 0 Å². The molecule has 0 saturated heterocycles. The molecule has 0 aliphatic heterocycles. The van der Waals surface area contributed by atoms with Crippen molar-refractivity contribution in [3.8, 4) is 5.75 Å². The molecule has 0 heterocycles. The second-order valence-corrected chi connectivity index (χ2v) is 5.70. The second-order valence-electron chi connectivity index (χ2n) is 5.70. The molecule has 1 saturated carbocycles. The quantitative estimate of drug-likeness (QED) is 0.845. The fourth-order valence-corrected chi connectivity index (χ4v) is 2.86. The lowest BCUT2D eigenvalue weighted by molar-refractivity contribution is -0.147. The molecule has 5 heteroatoms. The van der Waals surface area contributed by atoms with Crippen molar-refractivity contribution in [1.82, 2.24) is 0 Å². The molecular weight excluding hydrogens is 282 g/mol. The molecule has 22 heavy (non-hydrogen) atoms. The molecule has 2 rings (SSSR count). The average molecular weight is 305 g/mol. The SMILES string of the molecule is CCCOc1cccc(NC(=O)C2CCCCC2C(=O)O)c1. The Morgan fingerprint density at radius 3 is 2.68 bits per heavy atom. The summed E-state index contributed by atoms with van der Waals surface area (Å²) in [5.74, 6) is -1.41. The molecule has 0 bridgehead atoms. The maximum Gasteiger partial charge on any atom is 0.307 e. The van der Waals surface area contributed by atoms with E-state index in [-0.39, 0.29) is 5.91 Å². The van der Waals surface area contributed by atoms with Crippen molar-refractivity contribution in [2.45, 2.75) is 39.0 Å². The molecule has 2 atom stereocenters. The number of carbonyl (C=O) groups excluding carboxylic acids is 1. The van der Waals surface area contributed by atoms with Crippen LogP contribution < -0.4 is 10.1 Å². The Kier molecular flexibility index (Phi) is 5.81. The number of nitrogens with one attached hydrogen (secondary N) is 1. The molecule has 0 radical (unpaired) electrons. The lowest BCUT2D eigenvalue weighted by Crippen LogP contribution is -2.36. The van der Waals surface area contributed by atoms with Gasteiger partial charge in [-0.15, -0.1) is 0 Å². The fourth-order valence-electron chi connectivity index (χ4n) is 2.86. The van der Waals surface area contributed by atoms with Gasteiger partial charge in [-0.2, -0.15) is 0 Å². The first-order chi connectivity index (χ1) is 10.6. The number of ether oxygens (including phenoxy) is 1. The third kappa shape index (κ3) is 4.23. The number of hydrogen-bond donors (Lipinski definition) is 2. The summed E-state index contributed by atoms with van der Waals surface area (Å²) in [6, 6.07) is 7.21. The highest BCUT2D eigenvalue weighted by molar-refractivity contribution is 5.95. The molecule has 1 aliphatic carbocycles. The van der Waals surface area contributed by atoms with E-state index in [0.29, 0.717) is 30.9 Å². The van der Waals surface area contributed by atoms with Crippen molar-refractivity contribution in [3.63, 3.8) is 0 Å². The summed E-state index contributed by atoms with van der Waals surface area (Å²) in [5.41, 5.74) is 0.647. The Balaban J connectivity index is 2.02. The molecule has 2 N–H and O–H groups in total. The third-order valence-corrected chi connectivity index (χ3v) is 3.99. The Hall–Kier alpha value is -2.04. The van der Waals surface area contributed by atoms with Crippen LogP contribution in [0.15, 0.2) is 24.3 Å². The molecule has 2 unspecified atom stereocenters. The van der Waals surface area contributed by atoms with Crippen LogP contribution in [0.2, 0.25) is 0 Å². The van der Waals surface area contributed by atoms with E-state index in [1.54, 1.807) is 12.1 Å². The number of benzene rings is 1. The van der Waals surface area contributed by atoms with Crippen molar-refractivity contribution in [3.05, 3.63) is 24.3 Å². The Bertz CT molecular complexity index is 529. The summed E-state index contributed by atoms with van der Waals surface area (Å²) in [6.45, 7) is 2.65. The van der Waals surface area contributed by atoms with Crippen LogP contribution in [0.25, 0.3) is 0 Å². The Morgan fingerprint density at radius 1 is 1.27 bits per heavy atom. The molecule has 1 fully saturated rings. The van der Waals surface area contributed by atoms with Crippen LogP contribution in [0, 0.1) is 11.8 Å². The van der Waals surface area contributed by atoms with E-state index < -0.39 is 17.8 Å². The van der Waals surface area contributed by atoms with Gasteiger partial charge in [0, 0.05) is 11.8 Å². The van der Waals surface area contributed by atoms with Gasteiger partial charge < -0.3 is 15.2 Å². The molecule has 1 aromatic carbocycles. The largest absolute Gasteiger partial charge is 0.494 e. The van der Waals surface area contributed by atoms with Crippen molar-refractivity contribution in [2.75, 3.05) is 11.9 Å². The van der Waals surface area contributed by atoms with Gasteiger partial charge in [0.05, 0.1) is 18.4 Å². The molecule has 120 valence electrons. The van der Waals surface area contributed by atoms with Crippen LogP contribution in [-0.2, 0) is 9.59 Å². The van der Waals surface area contributed by atoms with Gasteiger partial charge in [-0.3, -0.25) is 9.59 Å². The van der Waals surface area contributed by atoms with E-state index in [1.165, 1.54) is 0 Å². The molecule has 1 aliphatic rings. The van der Waals surface area contributed by atoms with E-state index in [9.17, 15) is 14.7 Å². The normalized spacial score (nSPS) is 21.1. The number of carboxylic acids is 1. The highest BCUT2D eigenvalue weighted by atomic mass is 16.5. The first kappa shape index (κ1) is 16.3. The van der Waals surface area contributed by atoms with Crippen molar-refractivity contribution in [1.29, 1.82) is 0 Å². The predicted molar refractivity (Wildman–Crippen MR) is 83.9 cm³/mol. The van der Waals surface area contributed by atoms with Crippen LogP contribution in [0.5, 0.6) is 5.75 Å². The summed E-state index contributed by atoms with van der Waals surface area (Å²) in [7, 11) is 0. The number of rotatable bonds is 6. The first-order valence-corrected chi connectivity index (χ1v) is 7.88. The number of anilines is 1. The summed E-state index contributed by atoms with van der Waals surface area (Å²) < 4.78 is 5.54. The summed E-state index contributed by atoms with van der Waals surface area (Å²) in [6.07, 6.45) is 3.91. The number of carboxylic acid groups (broad SMARTS) is 1. The zero-order valence-corrected chi connectivity index (χ0v) is 12.9. The Morgan fingerprint density at radius 2 is 2.00 bits per heavy atom. The zero-order chi connectivity index (χ0) is 15.9. The molecular formula is C17H23NO4. The molecule has 0 aromatic heterocycles. The van der Waals surface area contributed by atoms with Gasteiger partial charge in [0.2, 0.25) is 5.91 Å². The Labute approximate surface area is 130 Å². The van der Waals surface area contributed by atoms with E-state index in [1.807, 2.05) is 19.1 Å². The summed E-state index contributed by atoms with van der Waals surface area (Å²) in [5, 5.41) is 12.1. The van der Waals surface area contributed by atoms with E-state index in [2.05, 4.69) is 5.32 Å². The van der Waals surface area contributed by atoms with Gasteiger partial charge >= 0.3 is 5.97 Å². The molecule has 1 aromatic rings. The number of hydrogen-bond acceptors (Lipinski definition) is 3. The van der Waals surface area contributed by atoms with Gasteiger partial charge in [-0.1, -0.05) is 25.8 Å². The van der Waals surface area contributed by atoms with Gasteiger partial charge in [0.25, 0.3) is 0 Å². The number of carbonyl (C=O) groups is 2. The average Bonchev–Trinajstić information content (AvgIpc) is 2.53. The zero-order valence-electron chi connectivity index (χ0n) is 12.9. The van der Waals surface area contributed by atoms with Crippen LogP contribution in [-0.4, -0.2) is 23.6 Å². The standard InChI is InChI=1S/C17H23NO4/c1-2-10-22-13-7-5-6-12(11-13)18-16(19)14-8-3-4-9-15(14)17(20)21/h5-7,11,14-15H,2-4,8-10H2,1H3,(H,18,19)(H,20,21). The van der Waals surface area contributed by atoms with Crippen molar-refractivity contribution in [2.24, 2.45) is 11.8 Å². The minimum absolute atomic E-state index is 0.209. The summed E-state index contributed by atoms with van der Waals surface area (Å²) >= 11 is 0. The first-order valence-electron chi connectivity index (χ1n) is 7.88. The lowest BCUT2D eigenvalue weighted by atomic mass is 9.78. The van der Waals surface area contributed by atoms with Crippen LogP contribution >= 0.6 is 0 Å². The predicted octanol–water partition coefficient (Wildman–Crippen LogP) is 3.30. The van der Waals surface area contributed by atoms with E-state index >= 15 is 0 Å². The van der Waals surface area contributed by atoms with Crippen LogP contribution in [0.4, 0.5) is 5.69 Å². The van der Waals surface area contributed by atoms with Crippen LogP contribution in [0.1, 0.15) is 39.0 Å². The topological polar surface area (TPSA) is 75.6 Å². The monoisotopic (exact) mass is 305 g/mol. The fraction of sp³-hybridized carbons (Fsp3) is 0.529. The van der Waals surface area contributed by atoms with E-state index in [4.69, 9.17) is 4.74 Å². The van der Waals surface area contributed by atoms with Gasteiger partial charge in [0.15, 0.2) is 0 Å². The van der Waals surface area contributed by atoms with Crippen molar-refractivity contribution < 1.29 is 19.4 Å². The second kappa shape index (κ2) is 7.82. The van der Waals surface area contributed by atoms with Gasteiger partial charge in [-0.05, 0) is 31.4 Å². The van der Waals surface area contributed by atoms with Gasteiger partial charge in [0.1, 0.15) is 5.75 Å². The molecule has 0 spiro atoms.